The van der Waals surface area contributed by atoms with E-state index in [0.717, 1.165) is 0 Å². The van der Waals surface area contributed by atoms with Crippen LogP contribution < -0.4 is 4.90 Å². The minimum absolute atomic E-state index is 1.37. The maximum Gasteiger partial charge on any atom is 0.0770 e. The van der Waals surface area contributed by atoms with Gasteiger partial charge in [0.15, 0.2) is 0 Å². The van der Waals surface area contributed by atoms with Gasteiger partial charge in [-0.2, -0.15) is 0 Å². The van der Waals surface area contributed by atoms with Gasteiger partial charge in [-0.05, 0) is 38.5 Å². The summed E-state index contributed by atoms with van der Waals surface area (Å²) in [5, 5.41) is 0. The van der Waals surface area contributed by atoms with Crippen LogP contribution in [0.5, 0.6) is 0 Å². The van der Waals surface area contributed by atoms with Crippen molar-refractivity contribution in [1.29, 1.82) is 0 Å². The Morgan fingerprint density at radius 2 is 0.286 bits per heavy atom. The molecule has 1 nitrogen and oxygen atoms in total. The van der Waals surface area contributed by atoms with Crippen molar-refractivity contribution < 1.29 is 4.90 Å². The van der Waals surface area contributed by atoms with Gasteiger partial charge in [-0.3, -0.25) is 0 Å². The van der Waals surface area contributed by atoms with Crippen molar-refractivity contribution in [2.75, 3.05) is 19.6 Å². The molecule has 0 saturated heterocycles. The van der Waals surface area contributed by atoms with Gasteiger partial charge in [0.05, 0.1) is 19.6 Å². The molecule has 0 atom stereocenters. The van der Waals surface area contributed by atoms with Gasteiger partial charge >= 0.3 is 0 Å². The number of unbranched alkanes of at least 4 members (excludes halogenated alkanes) is 39. The fraction of sp³-hybridized carbons (Fsp3) is 1.00. The van der Waals surface area contributed by atoms with Crippen molar-refractivity contribution in [3.8, 4) is 0 Å². The number of hydrogen-bond acceptors (Lipinski definition) is 0. The Balaban J connectivity index is 3.93. The van der Waals surface area contributed by atoms with Crippen LogP contribution in [0.4, 0.5) is 0 Å². The minimum Gasteiger partial charge on any atom is -0.335 e. The number of rotatable bonds is 45. The molecule has 0 rings (SSSR count). The van der Waals surface area contributed by atoms with Crippen molar-refractivity contribution in [2.45, 2.75) is 290 Å². The molecule has 0 spiro atoms. The van der Waals surface area contributed by atoms with Crippen LogP contribution in [0.25, 0.3) is 0 Å². The standard InChI is InChI=1S/C48H99N/c1-4-7-10-13-16-19-22-25-28-31-34-37-40-43-46-49(47-44-41-38-35-32-29-26-23-20-17-14-11-8-5-2)48-45-42-39-36-33-30-27-24-21-18-15-12-9-6-3/h4-48H2,1-3H3/p+1. The summed E-state index contributed by atoms with van der Waals surface area (Å²) in [5.41, 5.74) is 0. The molecule has 0 aromatic carbocycles. The summed E-state index contributed by atoms with van der Waals surface area (Å²) in [6.07, 6.45) is 61.9. The molecule has 0 aliphatic carbocycles. The van der Waals surface area contributed by atoms with Gasteiger partial charge in [0, 0.05) is 0 Å². The van der Waals surface area contributed by atoms with E-state index in [9.17, 15) is 0 Å². The van der Waals surface area contributed by atoms with Crippen LogP contribution in [0.1, 0.15) is 290 Å². The van der Waals surface area contributed by atoms with E-state index in [2.05, 4.69) is 20.8 Å². The summed E-state index contributed by atoms with van der Waals surface area (Å²) in [6.45, 7) is 11.3. The van der Waals surface area contributed by atoms with Crippen molar-refractivity contribution in [1.82, 2.24) is 0 Å². The second-order valence-corrected chi connectivity index (χ2v) is 16.8. The van der Waals surface area contributed by atoms with Crippen LogP contribution in [0.2, 0.25) is 0 Å². The first-order valence-electron chi connectivity index (χ1n) is 24.2. The third-order valence-corrected chi connectivity index (χ3v) is 11.7. The topological polar surface area (TPSA) is 4.44 Å². The molecule has 0 heterocycles. The molecule has 0 aromatic rings. The molecule has 0 aliphatic heterocycles. The first-order valence-corrected chi connectivity index (χ1v) is 24.2. The van der Waals surface area contributed by atoms with Gasteiger partial charge in [0.1, 0.15) is 0 Å². The van der Waals surface area contributed by atoms with Crippen molar-refractivity contribution >= 4 is 0 Å². The van der Waals surface area contributed by atoms with E-state index in [1.807, 2.05) is 4.90 Å². The lowest BCUT2D eigenvalue weighted by Gasteiger charge is -2.20. The Bertz CT molecular complexity index is 467. The summed E-state index contributed by atoms with van der Waals surface area (Å²) < 4.78 is 0. The molecule has 0 fully saturated rings. The molecule has 0 unspecified atom stereocenters. The third-order valence-electron chi connectivity index (χ3n) is 11.7. The minimum atomic E-state index is 1.37. The highest BCUT2D eigenvalue weighted by molar-refractivity contribution is 4.53. The second-order valence-electron chi connectivity index (χ2n) is 16.8. The Morgan fingerprint density at radius 3 is 0.429 bits per heavy atom. The highest BCUT2D eigenvalue weighted by atomic mass is 15.1. The van der Waals surface area contributed by atoms with Gasteiger partial charge in [0.25, 0.3) is 0 Å². The van der Waals surface area contributed by atoms with Gasteiger partial charge in [-0.25, -0.2) is 0 Å². The molecule has 1 heteroatoms. The largest absolute Gasteiger partial charge is 0.335 e. The summed E-state index contributed by atoms with van der Waals surface area (Å²) >= 11 is 0. The monoisotopic (exact) mass is 691 g/mol. The number of hydrogen-bond donors (Lipinski definition) is 1. The quantitative estimate of drug-likeness (QED) is 0.0607. The number of quaternary nitrogens is 1. The zero-order valence-electron chi connectivity index (χ0n) is 35.3. The summed E-state index contributed by atoms with van der Waals surface area (Å²) in [6, 6.07) is 0. The van der Waals surface area contributed by atoms with E-state index in [1.54, 1.807) is 0 Å². The molecule has 0 aromatic heterocycles. The molecule has 0 amide bonds. The van der Waals surface area contributed by atoms with Crippen LogP contribution in [0.3, 0.4) is 0 Å². The Labute approximate surface area is 314 Å². The highest BCUT2D eigenvalue weighted by Gasteiger charge is 2.08. The molecule has 0 aliphatic rings. The van der Waals surface area contributed by atoms with E-state index in [-0.39, 0.29) is 0 Å². The summed E-state index contributed by atoms with van der Waals surface area (Å²) in [4.78, 5) is 1.96. The molecule has 49 heavy (non-hydrogen) atoms. The lowest BCUT2D eigenvalue weighted by Crippen LogP contribution is -3.12. The average Bonchev–Trinajstić information content (AvgIpc) is 3.11. The Kier molecular flexibility index (Phi) is 45.9. The average molecular weight is 691 g/mol. The molecule has 1 N–H and O–H groups in total. The molecule has 0 saturated carbocycles. The van der Waals surface area contributed by atoms with Crippen LogP contribution in [-0.2, 0) is 0 Å². The summed E-state index contributed by atoms with van der Waals surface area (Å²) in [5.74, 6) is 0. The molecular weight excluding hydrogens is 591 g/mol. The Hall–Kier alpha value is -0.0400. The van der Waals surface area contributed by atoms with Gasteiger partial charge in [0.2, 0.25) is 0 Å². The highest BCUT2D eigenvalue weighted by Crippen LogP contribution is 2.15. The first kappa shape index (κ1) is 49.0. The zero-order chi connectivity index (χ0) is 35.4. The van der Waals surface area contributed by atoms with Crippen LogP contribution in [0, 0.1) is 0 Å². The molecular formula is C48H100N+. The lowest BCUT2D eigenvalue weighted by molar-refractivity contribution is -0.900. The maximum atomic E-state index is 2.32. The van der Waals surface area contributed by atoms with Crippen molar-refractivity contribution in [2.24, 2.45) is 0 Å². The summed E-state index contributed by atoms with van der Waals surface area (Å²) in [7, 11) is 0. The van der Waals surface area contributed by atoms with E-state index in [1.165, 1.54) is 289 Å². The normalized spacial score (nSPS) is 11.8. The van der Waals surface area contributed by atoms with Crippen LogP contribution >= 0.6 is 0 Å². The van der Waals surface area contributed by atoms with E-state index in [0.29, 0.717) is 0 Å². The molecule has 0 bridgehead atoms. The number of nitrogens with one attached hydrogen (secondary N) is 1. The van der Waals surface area contributed by atoms with Gasteiger partial charge in [-0.1, -0.05) is 252 Å². The third kappa shape index (κ3) is 44.0. The van der Waals surface area contributed by atoms with Crippen LogP contribution in [-0.4, -0.2) is 19.6 Å². The second kappa shape index (κ2) is 46.0. The lowest BCUT2D eigenvalue weighted by atomic mass is 10.0. The maximum absolute atomic E-state index is 2.32. The fourth-order valence-corrected chi connectivity index (χ4v) is 8.08. The Morgan fingerprint density at radius 1 is 0.163 bits per heavy atom. The van der Waals surface area contributed by atoms with Gasteiger partial charge in [-0.15, -0.1) is 0 Å². The van der Waals surface area contributed by atoms with Crippen molar-refractivity contribution in [3.63, 3.8) is 0 Å². The van der Waals surface area contributed by atoms with E-state index in [4.69, 9.17) is 0 Å². The fourth-order valence-electron chi connectivity index (χ4n) is 8.08. The van der Waals surface area contributed by atoms with E-state index < -0.39 is 0 Å². The zero-order valence-corrected chi connectivity index (χ0v) is 35.3. The predicted molar refractivity (Wildman–Crippen MR) is 226 cm³/mol. The smallest absolute Gasteiger partial charge is 0.0770 e. The first-order chi connectivity index (χ1) is 24.3. The van der Waals surface area contributed by atoms with Crippen LogP contribution in [0.15, 0.2) is 0 Å². The predicted octanol–water partition coefficient (Wildman–Crippen LogP) is 16.3. The van der Waals surface area contributed by atoms with Gasteiger partial charge < -0.3 is 4.90 Å². The van der Waals surface area contributed by atoms with Crippen molar-refractivity contribution in [3.05, 3.63) is 0 Å². The molecule has 296 valence electrons. The molecule has 0 radical (unpaired) electrons. The van der Waals surface area contributed by atoms with E-state index >= 15 is 0 Å². The SMILES string of the molecule is CCCCCCCCCCCCCCCC[NH+](CCCCCCCCCCCCCCCC)CCCCCCCCCCCCCCCC.